The molecule has 0 unspecified atom stereocenters. The molecule has 2 rings (SSSR count). The molecule has 0 atom stereocenters. The number of nitrogens with zero attached hydrogens (tertiary/aromatic N) is 1. The Labute approximate surface area is 120 Å². The van der Waals surface area contributed by atoms with Crippen molar-refractivity contribution < 1.29 is 14.4 Å². The molecule has 1 aliphatic carbocycles. The highest BCUT2D eigenvalue weighted by Crippen LogP contribution is 2.29. The molecule has 1 saturated carbocycles. The van der Waals surface area contributed by atoms with E-state index in [1.54, 1.807) is 12.1 Å². The smallest absolute Gasteiger partial charge is 0.423 e. The zero-order chi connectivity index (χ0) is 14.7. The average molecular weight is 279 g/mol. The lowest BCUT2D eigenvalue weighted by Gasteiger charge is -2.23. The zero-order valence-electron chi connectivity index (χ0n) is 12.2. The third kappa shape index (κ3) is 4.30. The molecule has 1 aromatic carbocycles. The van der Waals surface area contributed by atoms with E-state index >= 15 is 0 Å². The molecule has 0 saturated heterocycles. The Bertz CT molecular complexity index is 449. The predicted octanol–water partition coefficient (Wildman–Crippen LogP) is 1.52. The third-order valence-electron chi connectivity index (χ3n) is 3.81. The molecule has 0 bridgehead atoms. The van der Waals surface area contributed by atoms with Gasteiger partial charge in [-0.25, -0.2) is 4.39 Å². The van der Waals surface area contributed by atoms with Crippen LogP contribution < -0.4 is 5.46 Å². The van der Waals surface area contributed by atoms with E-state index in [1.165, 1.54) is 18.9 Å². The van der Waals surface area contributed by atoms with Crippen LogP contribution in [0.15, 0.2) is 18.2 Å². The van der Waals surface area contributed by atoms with Crippen molar-refractivity contribution in [1.29, 1.82) is 0 Å². The topological polar surface area (TPSA) is 43.7 Å². The van der Waals surface area contributed by atoms with Gasteiger partial charge in [-0.15, -0.1) is 0 Å². The number of benzene rings is 1. The summed E-state index contributed by atoms with van der Waals surface area (Å²) in [5, 5.41) is 18.1. The summed E-state index contributed by atoms with van der Waals surface area (Å²) < 4.78 is 14.0. The first-order valence-electron chi connectivity index (χ1n) is 7.36. The number of hydrogen-bond acceptors (Lipinski definition) is 3. The molecule has 0 radical (unpaired) electrons. The lowest BCUT2D eigenvalue weighted by atomic mass is 9.80. The van der Waals surface area contributed by atoms with E-state index in [2.05, 4.69) is 18.7 Å². The third-order valence-corrected chi connectivity index (χ3v) is 3.81. The molecule has 1 aromatic rings. The second-order valence-corrected chi connectivity index (χ2v) is 6.11. The van der Waals surface area contributed by atoms with Gasteiger partial charge in [-0.1, -0.05) is 26.0 Å². The Morgan fingerprint density at radius 2 is 2.05 bits per heavy atom. The van der Waals surface area contributed by atoms with E-state index < -0.39 is 7.12 Å². The average Bonchev–Trinajstić information content (AvgIpc) is 3.19. The summed E-state index contributed by atoms with van der Waals surface area (Å²) in [6.45, 7) is 5.99. The van der Waals surface area contributed by atoms with Gasteiger partial charge in [0.2, 0.25) is 0 Å². The van der Waals surface area contributed by atoms with Crippen molar-refractivity contribution in [3.05, 3.63) is 29.6 Å². The highest BCUT2D eigenvalue weighted by Gasteiger charge is 2.29. The summed E-state index contributed by atoms with van der Waals surface area (Å²) >= 11 is 0. The van der Waals surface area contributed by atoms with Gasteiger partial charge >= 0.3 is 7.12 Å². The number of halogens is 1. The Morgan fingerprint density at radius 3 is 2.55 bits per heavy atom. The van der Waals surface area contributed by atoms with Crippen LogP contribution in [0, 0.1) is 11.7 Å². The molecule has 0 spiro atoms. The van der Waals surface area contributed by atoms with E-state index in [-0.39, 0.29) is 11.3 Å². The first-order chi connectivity index (χ1) is 9.47. The molecule has 0 heterocycles. The summed E-state index contributed by atoms with van der Waals surface area (Å²) in [5.41, 5.74) is 0.830. The van der Waals surface area contributed by atoms with Crippen molar-refractivity contribution in [2.75, 3.05) is 6.54 Å². The van der Waals surface area contributed by atoms with Gasteiger partial charge in [0.05, 0.1) is 0 Å². The van der Waals surface area contributed by atoms with Gasteiger partial charge in [0.25, 0.3) is 0 Å². The zero-order valence-corrected chi connectivity index (χ0v) is 12.2. The lowest BCUT2D eigenvalue weighted by molar-refractivity contribution is 0.236. The molecule has 1 fully saturated rings. The molecule has 0 aromatic heterocycles. The van der Waals surface area contributed by atoms with E-state index in [0.29, 0.717) is 24.1 Å². The Morgan fingerprint density at radius 1 is 1.35 bits per heavy atom. The SMILES string of the molecule is CC(C)CCN(Cc1ccc(B(O)O)cc1F)C1CC1. The van der Waals surface area contributed by atoms with Crippen molar-refractivity contribution in [1.82, 2.24) is 4.90 Å². The Hall–Kier alpha value is -0.905. The lowest BCUT2D eigenvalue weighted by Crippen LogP contribution is -2.31. The molecule has 5 heteroatoms. The van der Waals surface area contributed by atoms with Crippen LogP contribution in [-0.4, -0.2) is 34.7 Å². The molecule has 3 nitrogen and oxygen atoms in total. The maximum absolute atomic E-state index is 14.0. The molecule has 110 valence electrons. The summed E-state index contributed by atoms with van der Waals surface area (Å²) in [7, 11) is -1.61. The van der Waals surface area contributed by atoms with Crippen LogP contribution in [0.4, 0.5) is 4.39 Å². The minimum atomic E-state index is -1.61. The number of hydrogen-bond donors (Lipinski definition) is 2. The van der Waals surface area contributed by atoms with Crippen LogP contribution in [0.2, 0.25) is 0 Å². The minimum absolute atomic E-state index is 0.200. The fraction of sp³-hybridized carbons (Fsp3) is 0.600. The standard InChI is InChI=1S/C15H23BFNO2/c1-11(2)7-8-18(14-5-6-14)10-12-3-4-13(16(19)20)9-15(12)17/h3-4,9,11,14,19-20H,5-8,10H2,1-2H3. The monoisotopic (exact) mass is 279 g/mol. The van der Waals surface area contributed by atoms with Crippen LogP contribution in [0.1, 0.15) is 38.7 Å². The van der Waals surface area contributed by atoms with Gasteiger partial charge in [0.1, 0.15) is 5.82 Å². The first-order valence-corrected chi connectivity index (χ1v) is 7.36. The Kier molecular flexibility index (Phi) is 5.19. The molecule has 0 amide bonds. The van der Waals surface area contributed by atoms with E-state index in [0.717, 1.165) is 13.0 Å². The van der Waals surface area contributed by atoms with E-state index in [1.807, 2.05) is 0 Å². The van der Waals surface area contributed by atoms with Gasteiger partial charge in [-0.3, -0.25) is 4.90 Å². The van der Waals surface area contributed by atoms with Crippen molar-refractivity contribution in [2.24, 2.45) is 5.92 Å². The van der Waals surface area contributed by atoms with Gasteiger partial charge in [-0.05, 0) is 43.3 Å². The van der Waals surface area contributed by atoms with Gasteiger partial charge in [0.15, 0.2) is 0 Å². The summed E-state index contributed by atoms with van der Waals surface area (Å²) in [6, 6.07) is 5.05. The summed E-state index contributed by atoms with van der Waals surface area (Å²) in [6.07, 6.45) is 3.52. The molecule has 0 aliphatic heterocycles. The molecule has 1 aliphatic rings. The highest BCUT2D eigenvalue weighted by molar-refractivity contribution is 6.58. The minimum Gasteiger partial charge on any atom is -0.423 e. The molecular formula is C15H23BFNO2. The predicted molar refractivity (Wildman–Crippen MR) is 79.1 cm³/mol. The van der Waals surface area contributed by atoms with Crippen LogP contribution in [0.3, 0.4) is 0 Å². The maximum atomic E-state index is 14.0. The largest absolute Gasteiger partial charge is 0.488 e. The summed E-state index contributed by atoms with van der Waals surface area (Å²) in [4.78, 5) is 2.34. The van der Waals surface area contributed by atoms with Gasteiger partial charge in [0, 0.05) is 18.2 Å². The normalized spacial score (nSPS) is 15.2. The second-order valence-electron chi connectivity index (χ2n) is 6.11. The van der Waals surface area contributed by atoms with Crippen molar-refractivity contribution in [3.63, 3.8) is 0 Å². The fourth-order valence-corrected chi connectivity index (χ4v) is 2.33. The fourth-order valence-electron chi connectivity index (χ4n) is 2.33. The second kappa shape index (κ2) is 6.70. The molecule has 20 heavy (non-hydrogen) atoms. The molecular weight excluding hydrogens is 256 g/mol. The molecule has 2 N–H and O–H groups in total. The van der Waals surface area contributed by atoms with Crippen LogP contribution in [-0.2, 0) is 6.54 Å². The Balaban J connectivity index is 2.02. The first kappa shape index (κ1) is 15.5. The van der Waals surface area contributed by atoms with E-state index in [9.17, 15) is 4.39 Å². The summed E-state index contributed by atoms with van der Waals surface area (Å²) in [5.74, 6) is 0.291. The van der Waals surface area contributed by atoms with Gasteiger partial charge < -0.3 is 10.0 Å². The van der Waals surface area contributed by atoms with E-state index in [4.69, 9.17) is 10.0 Å². The van der Waals surface area contributed by atoms with Crippen LogP contribution in [0.5, 0.6) is 0 Å². The van der Waals surface area contributed by atoms with Crippen LogP contribution in [0.25, 0.3) is 0 Å². The van der Waals surface area contributed by atoms with Crippen molar-refractivity contribution in [3.8, 4) is 0 Å². The van der Waals surface area contributed by atoms with Crippen molar-refractivity contribution in [2.45, 2.75) is 45.7 Å². The highest BCUT2D eigenvalue weighted by atomic mass is 19.1. The number of rotatable bonds is 7. The van der Waals surface area contributed by atoms with Crippen molar-refractivity contribution >= 4 is 12.6 Å². The quantitative estimate of drug-likeness (QED) is 0.744. The maximum Gasteiger partial charge on any atom is 0.488 e. The van der Waals surface area contributed by atoms with Gasteiger partial charge in [-0.2, -0.15) is 0 Å². The van der Waals surface area contributed by atoms with Crippen LogP contribution >= 0.6 is 0 Å².